The number of hydrazone groups is 1. The summed E-state index contributed by atoms with van der Waals surface area (Å²) in [5.74, 6) is -0.258. The van der Waals surface area contributed by atoms with Gasteiger partial charge in [0.15, 0.2) is 0 Å². The largest absolute Gasteiger partial charge is 0.371 e. The summed E-state index contributed by atoms with van der Waals surface area (Å²) in [5.41, 5.74) is 4.73. The van der Waals surface area contributed by atoms with Gasteiger partial charge in [-0.25, -0.2) is 5.43 Å². The van der Waals surface area contributed by atoms with E-state index in [1.54, 1.807) is 4.90 Å². The molecule has 0 aromatic heterocycles. The molecule has 0 saturated carbocycles. The number of para-hydroxylation sites is 2. The number of benzene rings is 1. The lowest BCUT2D eigenvalue weighted by Gasteiger charge is -2.35. The molecule has 0 saturated heterocycles. The van der Waals surface area contributed by atoms with Crippen LogP contribution in [0.25, 0.3) is 0 Å². The highest BCUT2D eigenvalue weighted by atomic mass is 16.2. The molecule has 1 aromatic rings. The van der Waals surface area contributed by atoms with Gasteiger partial charge in [0.1, 0.15) is 5.71 Å². The van der Waals surface area contributed by atoms with Gasteiger partial charge in [-0.05, 0) is 12.1 Å². The smallest absolute Gasteiger partial charge is 0.274 e. The van der Waals surface area contributed by atoms with Crippen LogP contribution < -0.4 is 15.2 Å². The van der Waals surface area contributed by atoms with E-state index in [1.807, 2.05) is 31.3 Å². The van der Waals surface area contributed by atoms with Gasteiger partial charge in [-0.2, -0.15) is 5.10 Å². The summed E-state index contributed by atoms with van der Waals surface area (Å²) in [5, 5.41) is 3.89. The number of anilines is 2. The zero-order valence-electron chi connectivity index (χ0n) is 11.3. The second-order valence-corrected chi connectivity index (χ2v) is 4.96. The van der Waals surface area contributed by atoms with Crippen molar-refractivity contribution in [2.45, 2.75) is 12.8 Å². The molecule has 2 aliphatic heterocycles. The number of rotatable bonds is 1. The summed E-state index contributed by atoms with van der Waals surface area (Å²) in [6.07, 6.45) is 0.721. The van der Waals surface area contributed by atoms with Crippen LogP contribution >= 0.6 is 0 Å². The van der Waals surface area contributed by atoms with Crippen molar-refractivity contribution in [1.82, 2.24) is 5.43 Å². The van der Waals surface area contributed by atoms with Gasteiger partial charge in [-0.3, -0.25) is 9.59 Å². The number of carbonyl (C=O) groups is 2. The SMILES string of the molecule is CN1CCN(C(=O)C2=NNC(=O)CC2)c2ccccc21. The maximum atomic E-state index is 12.6. The van der Waals surface area contributed by atoms with Crippen LogP contribution in [0.3, 0.4) is 0 Å². The number of fused-ring (bicyclic) bond motifs is 1. The Bertz CT molecular complexity index is 597. The Hall–Kier alpha value is -2.37. The van der Waals surface area contributed by atoms with Gasteiger partial charge in [-0.15, -0.1) is 0 Å². The van der Waals surface area contributed by atoms with Gasteiger partial charge in [0, 0.05) is 33.0 Å². The monoisotopic (exact) mass is 272 g/mol. The number of amides is 2. The molecule has 1 aromatic carbocycles. The van der Waals surface area contributed by atoms with Crippen molar-refractivity contribution in [2.75, 3.05) is 29.9 Å². The number of likely N-dealkylation sites (N-methyl/N-ethyl adjacent to an activating group) is 1. The highest BCUT2D eigenvalue weighted by Crippen LogP contribution is 2.32. The Balaban J connectivity index is 1.90. The third kappa shape index (κ3) is 2.13. The van der Waals surface area contributed by atoms with Crippen molar-refractivity contribution < 1.29 is 9.59 Å². The van der Waals surface area contributed by atoms with Gasteiger partial charge in [-0.1, -0.05) is 12.1 Å². The van der Waals surface area contributed by atoms with E-state index in [4.69, 9.17) is 0 Å². The first-order valence-corrected chi connectivity index (χ1v) is 6.64. The lowest BCUT2D eigenvalue weighted by molar-refractivity contribution is -0.121. The molecule has 2 heterocycles. The Morgan fingerprint density at radius 2 is 1.95 bits per heavy atom. The number of hydrogen-bond acceptors (Lipinski definition) is 4. The third-order valence-electron chi connectivity index (χ3n) is 3.64. The summed E-state index contributed by atoms with van der Waals surface area (Å²) in [4.78, 5) is 27.5. The molecule has 3 rings (SSSR count). The molecule has 2 aliphatic rings. The van der Waals surface area contributed by atoms with E-state index in [-0.39, 0.29) is 11.8 Å². The van der Waals surface area contributed by atoms with Crippen molar-refractivity contribution in [3.8, 4) is 0 Å². The number of nitrogens with one attached hydrogen (secondary N) is 1. The molecule has 0 fully saturated rings. The van der Waals surface area contributed by atoms with Crippen LogP contribution in [-0.2, 0) is 9.59 Å². The molecule has 104 valence electrons. The van der Waals surface area contributed by atoms with Crippen LogP contribution in [0.2, 0.25) is 0 Å². The maximum absolute atomic E-state index is 12.6. The maximum Gasteiger partial charge on any atom is 0.274 e. The minimum atomic E-state index is -0.139. The Morgan fingerprint density at radius 1 is 1.20 bits per heavy atom. The van der Waals surface area contributed by atoms with Gasteiger partial charge < -0.3 is 9.80 Å². The van der Waals surface area contributed by atoms with Crippen molar-refractivity contribution in [3.05, 3.63) is 24.3 Å². The first-order valence-electron chi connectivity index (χ1n) is 6.64. The van der Waals surface area contributed by atoms with Crippen molar-refractivity contribution in [1.29, 1.82) is 0 Å². The quantitative estimate of drug-likeness (QED) is 0.820. The summed E-state index contributed by atoms with van der Waals surface area (Å²) >= 11 is 0. The molecule has 2 amide bonds. The molecular formula is C14H16N4O2. The molecular weight excluding hydrogens is 256 g/mol. The normalized spacial score (nSPS) is 18.2. The second kappa shape index (κ2) is 4.96. The number of hydrogen-bond donors (Lipinski definition) is 1. The highest BCUT2D eigenvalue weighted by Gasteiger charge is 2.29. The van der Waals surface area contributed by atoms with E-state index in [0.717, 1.165) is 17.9 Å². The number of carbonyl (C=O) groups excluding carboxylic acids is 2. The van der Waals surface area contributed by atoms with Crippen LogP contribution in [0, 0.1) is 0 Å². The lowest BCUT2D eigenvalue weighted by Crippen LogP contribution is -2.46. The standard InChI is InChI=1S/C14H16N4O2/c1-17-8-9-18(12-5-3-2-4-11(12)17)14(20)10-6-7-13(19)16-15-10/h2-5H,6-9H2,1H3,(H,16,19). The molecule has 6 heteroatoms. The average Bonchev–Trinajstić information content (AvgIpc) is 2.48. The first kappa shape index (κ1) is 12.7. The predicted octanol–water partition coefficient (Wildman–Crippen LogP) is 0.735. The molecule has 20 heavy (non-hydrogen) atoms. The van der Waals surface area contributed by atoms with E-state index in [1.165, 1.54) is 0 Å². The minimum absolute atomic E-state index is 0.120. The summed E-state index contributed by atoms with van der Waals surface area (Å²) < 4.78 is 0. The summed E-state index contributed by atoms with van der Waals surface area (Å²) in [6.45, 7) is 1.40. The third-order valence-corrected chi connectivity index (χ3v) is 3.64. The molecule has 0 spiro atoms. The van der Waals surface area contributed by atoms with E-state index < -0.39 is 0 Å². The molecule has 6 nitrogen and oxygen atoms in total. The van der Waals surface area contributed by atoms with Crippen LogP contribution in [0.15, 0.2) is 29.4 Å². The summed E-state index contributed by atoms with van der Waals surface area (Å²) in [7, 11) is 2.01. The summed E-state index contributed by atoms with van der Waals surface area (Å²) in [6, 6.07) is 7.81. The van der Waals surface area contributed by atoms with Crippen LogP contribution in [-0.4, -0.2) is 37.7 Å². The Morgan fingerprint density at radius 3 is 2.65 bits per heavy atom. The van der Waals surface area contributed by atoms with Crippen LogP contribution in [0.1, 0.15) is 12.8 Å². The van der Waals surface area contributed by atoms with Crippen molar-refractivity contribution in [3.63, 3.8) is 0 Å². The average molecular weight is 272 g/mol. The van der Waals surface area contributed by atoms with Crippen molar-refractivity contribution in [2.24, 2.45) is 5.10 Å². The first-order chi connectivity index (χ1) is 9.66. The lowest BCUT2D eigenvalue weighted by atomic mass is 10.1. The predicted molar refractivity (Wildman–Crippen MR) is 76.9 cm³/mol. The zero-order valence-corrected chi connectivity index (χ0v) is 11.3. The minimum Gasteiger partial charge on any atom is -0.371 e. The molecule has 1 N–H and O–H groups in total. The van der Waals surface area contributed by atoms with E-state index in [2.05, 4.69) is 15.4 Å². The van der Waals surface area contributed by atoms with E-state index >= 15 is 0 Å². The van der Waals surface area contributed by atoms with Crippen molar-refractivity contribution >= 4 is 28.9 Å². The van der Waals surface area contributed by atoms with Crippen LogP contribution in [0.4, 0.5) is 11.4 Å². The molecule has 0 bridgehead atoms. The number of nitrogens with zero attached hydrogens (tertiary/aromatic N) is 3. The molecule has 0 atom stereocenters. The zero-order chi connectivity index (χ0) is 14.1. The molecule has 0 aliphatic carbocycles. The second-order valence-electron chi connectivity index (χ2n) is 4.96. The molecule has 0 unspecified atom stereocenters. The Kier molecular flexibility index (Phi) is 3.14. The van der Waals surface area contributed by atoms with Gasteiger partial charge in [0.05, 0.1) is 11.4 Å². The fraction of sp³-hybridized carbons (Fsp3) is 0.357. The highest BCUT2D eigenvalue weighted by molar-refractivity contribution is 6.44. The Labute approximate surface area is 117 Å². The fourth-order valence-electron chi connectivity index (χ4n) is 2.50. The van der Waals surface area contributed by atoms with E-state index in [9.17, 15) is 9.59 Å². The van der Waals surface area contributed by atoms with Gasteiger partial charge in [0.25, 0.3) is 5.91 Å². The van der Waals surface area contributed by atoms with Gasteiger partial charge >= 0.3 is 0 Å². The van der Waals surface area contributed by atoms with Crippen LogP contribution in [0.5, 0.6) is 0 Å². The van der Waals surface area contributed by atoms with Gasteiger partial charge in [0.2, 0.25) is 5.91 Å². The fourth-order valence-corrected chi connectivity index (χ4v) is 2.50. The topological polar surface area (TPSA) is 65.0 Å². The van der Waals surface area contributed by atoms with E-state index in [0.29, 0.717) is 25.1 Å². The molecule has 0 radical (unpaired) electrons.